The fraction of sp³-hybridized carbons (Fsp3) is 0.200. The average molecular weight is 490 g/mol. The van der Waals surface area contributed by atoms with Crippen LogP contribution in [0.3, 0.4) is 0 Å². The minimum atomic E-state index is -1.29. The van der Waals surface area contributed by atoms with Crippen molar-refractivity contribution in [1.82, 2.24) is 19.4 Å². The number of morpholine rings is 1. The number of hydrogen-bond donors (Lipinski definition) is 0. The summed E-state index contributed by atoms with van der Waals surface area (Å²) in [4.78, 5) is 24.2. The lowest BCUT2D eigenvalue weighted by atomic mass is 10.1. The number of nitrogens with zero attached hydrogens (tertiary/aromatic N) is 5. The third kappa shape index (κ3) is 4.32. The standard InChI is InChI=1S/C25H20FN5O3S/c1-35(33)23-15-31(22-11-17(3-4-19(22)23)24(32)30-6-8-34-9-7-30)25-28-13-18(14-29-25)20-10-16(12-27)2-5-21(20)26/h2-5,10-11,13-15H,6-9H2,1H3. The molecule has 8 nitrogen and oxygen atoms in total. The van der Waals surface area contributed by atoms with Crippen molar-refractivity contribution in [3.8, 4) is 23.1 Å². The molecule has 1 atom stereocenters. The Morgan fingerprint density at radius 3 is 2.57 bits per heavy atom. The number of benzene rings is 2. The molecular formula is C25H20FN5O3S. The molecule has 0 spiro atoms. The van der Waals surface area contributed by atoms with E-state index in [9.17, 15) is 13.4 Å². The van der Waals surface area contributed by atoms with E-state index in [-0.39, 0.29) is 17.4 Å². The van der Waals surface area contributed by atoms with E-state index in [4.69, 9.17) is 10.00 Å². The van der Waals surface area contributed by atoms with Crippen LogP contribution in [-0.2, 0) is 15.5 Å². The number of amides is 1. The Balaban J connectivity index is 1.57. The minimum absolute atomic E-state index is 0.105. The Hall–Kier alpha value is -3.94. The predicted octanol–water partition coefficient (Wildman–Crippen LogP) is 3.31. The fourth-order valence-electron chi connectivity index (χ4n) is 4.07. The van der Waals surface area contributed by atoms with Crippen molar-refractivity contribution in [2.45, 2.75) is 4.90 Å². The number of aromatic nitrogens is 3. The Kier molecular flexibility index (Phi) is 6.11. The second-order valence-corrected chi connectivity index (χ2v) is 9.38. The minimum Gasteiger partial charge on any atom is -0.378 e. The maximum absolute atomic E-state index is 14.3. The van der Waals surface area contributed by atoms with Crippen molar-refractivity contribution in [3.05, 3.63) is 71.9 Å². The van der Waals surface area contributed by atoms with Gasteiger partial charge in [-0.25, -0.2) is 14.4 Å². The first-order chi connectivity index (χ1) is 17.0. The number of carbonyl (C=O) groups is 1. The van der Waals surface area contributed by atoms with Gasteiger partial charge in [-0.1, -0.05) is 6.07 Å². The number of rotatable bonds is 4. The highest BCUT2D eigenvalue weighted by Gasteiger charge is 2.21. The van der Waals surface area contributed by atoms with Crippen LogP contribution in [0.25, 0.3) is 28.0 Å². The first-order valence-corrected chi connectivity index (χ1v) is 12.4. The van der Waals surface area contributed by atoms with Gasteiger partial charge in [-0.15, -0.1) is 0 Å². The van der Waals surface area contributed by atoms with Crippen LogP contribution < -0.4 is 0 Å². The maximum Gasteiger partial charge on any atom is 0.254 e. The van der Waals surface area contributed by atoms with Crippen molar-refractivity contribution in [2.75, 3.05) is 32.6 Å². The highest BCUT2D eigenvalue weighted by molar-refractivity contribution is 7.84. The topological polar surface area (TPSA) is 101 Å². The zero-order valence-corrected chi connectivity index (χ0v) is 19.6. The number of nitriles is 1. The highest BCUT2D eigenvalue weighted by atomic mass is 32.2. The Bertz CT molecular complexity index is 1500. The molecule has 1 aliphatic rings. The van der Waals surface area contributed by atoms with Crippen molar-refractivity contribution in [1.29, 1.82) is 5.26 Å². The number of hydrogen-bond acceptors (Lipinski definition) is 6. The summed E-state index contributed by atoms with van der Waals surface area (Å²) in [6.45, 7) is 2.05. The van der Waals surface area contributed by atoms with Gasteiger partial charge >= 0.3 is 0 Å². The molecule has 4 aromatic rings. The van der Waals surface area contributed by atoms with Crippen molar-refractivity contribution in [2.24, 2.45) is 0 Å². The normalized spacial score (nSPS) is 14.6. The first-order valence-electron chi connectivity index (χ1n) is 10.8. The van der Waals surface area contributed by atoms with Crippen LogP contribution in [0.5, 0.6) is 0 Å². The number of halogens is 1. The molecule has 0 radical (unpaired) electrons. The lowest BCUT2D eigenvalue weighted by Gasteiger charge is -2.26. The molecule has 10 heteroatoms. The zero-order valence-electron chi connectivity index (χ0n) is 18.8. The van der Waals surface area contributed by atoms with E-state index in [1.54, 1.807) is 40.1 Å². The van der Waals surface area contributed by atoms with Crippen LogP contribution in [0.4, 0.5) is 4.39 Å². The van der Waals surface area contributed by atoms with Gasteiger partial charge in [-0.05, 0) is 30.3 Å². The maximum atomic E-state index is 14.3. The van der Waals surface area contributed by atoms with Gasteiger partial charge in [-0.3, -0.25) is 13.6 Å². The molecular weight excluding hydrogens is 469 g/mol. The Morgan fingerprint density at radius 1 is 1.14 bits per heavy atom. The molecule has 35 heavy (non-hydrogen) atoms. The summed E-state index contributed by atoms with van der Waals surface area (Å²) in [5.41, 5.74) is 2.11. The van der Waals surface area contributed by atoms with Crippen LogP contribution in [-0.4, -0.2) is 62.1 Å². The molecule has 1 saturated heterocycles. The molecule has 1 amide bonds. The Morgan fingerprint density at radius 2 is 1.89 bits per heavy atom. The van der Waals surface area contributed by atoms with Crippen LogP contribution in [0.15, 0.2) is 59.9 Å². The third-order valence-corrected chi connectivity index (χ3v) is 6.83. The molecule has 5 rings (SSSR count). The van der Waals surface area contributed by atoms with E-state index in [1.165, 1.54) is 30.6 Å². The lowest BCUT2D eigenvalue weighted by Crippen LogP contribution is -2.40. The molecule has 176 valence electrons. The van der Waals surface area contributed by atoms with Gasteiger partial charge in [-0.2, -0.15) is 5.26 Å². The molecule has 1 fully saturated rings. The van der Waals surface area contributed by atoms with Crippen molar-refractivity contribution in [3.63, 3.8) is 0 Å². The molecule has 2 aromatic carbocycles. The molecule has 0 N–H and O–H groups in total. The SMILES string of the molecule is CS(=O)c1cn(-c2ncc(-c3cc(C#N)ccc3F)cn2)c2cc(C(=O)N3CCOCC3)ccc12. The molecule has 0 saturated carbocycles. The van der Waals surface area contributed by atoms with Crippen LogP contribution in [0.1, 0.15) is 15.9 Å². The summed E-state index contributed by atoms with van der Waals surface area (Å²) in [6.07, 6.45) is 6.22. The zero-order chi connectivity index (χ0) is 24.5. The summed E-state index contributed by atoms with van der Waals surface area (Å²) in [7, 11) is -1.29. The number of fused-ring (bicyclic) bond motifs is 1. The molecule has 1 unspecified atom stereocenters. The molecule has 0 aliphatic carbocycles. The third-order valence-electron chi connectivity index (χ3n) is 5.88. The van der Waals surface area contributed by atoms with Crippen LogP contribution >= 0.6 is 0 Å². The summed E-state index contributed by atoms with van der Waals surface area (Å²) < 4.78 is 33.8. The average Bonchev–Trinajstić information content (AvgIpc) is 3.28. The lowest BCUT2D eigenvalue weighted by molar-refractivity contribution is 0.0303. The van der Waals surface area contributed by atoms with Crippen LogP contribution in [0, 0.1) is 17.1 Å². The van der Waals surface area contributed by atoms with Gasteiger partial charge in [0, 0.05) is 60.0 Å². The van der Waals surface area contributed by atoms with E-state index < -0.39 is 16.6 Å². The highest BCUT2D eigenvalue weighted by Crippen LogP contribution is 2.29. The largest absolute Gasteiger partial charge is 0.378 e. The van der Waals surface area contributed by atoms with Crippen LogP contribution in [0.2, 0.25) is 0 Å². The summed E-state index contributed by atoms with van der Waals surface area (Å²) in [6, 6.07) is 11.3. The van der Waals surface area contributed by atoms with Gasteiger partial charge in [0.2, 0.25) is 5.95 Å². The first kappa shape index (κ1) is 22.8. The monoisotopic (exact) mass is 489 g/mol. The summed E-state index contributed by atoms with van der Waals surface area (Å²) >= 11 is 0. The van der Waals surface area contributed by atoms with Crippen molar-refractivity contribution >= 4 is 27.6 Å². The van der Waals surface area contributed by atoms with E-state index >= 15 is 0 Å². The predicted molar refractivity (Wildman–Crippen MR) is 128 cm³/mol. The van der Waals surface area contributed by atoms with E-state index in [0.717, 1.165) is 5.39 Å². The Labute approximate surface area is 203 Å². The van der Waals surface area contributed by atoms with Gasteiger partial charge in [0.05, 0.1) is 46.1 Å². The van der Waals surface area contributed by atoms with Gasteiger partial charge in [0.1, 0.15) is 5.82 Å². The van der Waals surface area contributed by atoms with E-state index in [1.807, 2.05) is 6.07 Å². The molecule has 2 aromatic heterocycles. The second kappa shape index (κ2) is 9.37. The smallest absolute Gasteiger partial charge is 0.254 e. The number of ether oxygens (including phenoxy) is 1. The summed E-state index contributed by atoms with van der Waals surface area (Å²) in [5, 5.41) is 9.85. The molecule has 0 bridgehead atoms. The van der Waals surface area contributed by atoms with E-state index in [2.05, 4.69) is 9.97 Å². The second-order valence-electron chi connectivity index (χ2n) is 8.03. The fourth-order valence-corrected chi connectivity index (χ4v) is 4.81. The van der Waals surface area contributed by atoms with E-state index in [0.29, 0.717) is 53.4 Å². The summed E-state index contributed by atoms with van der Waals surface area (Å²) in [5.74, 6) is -0.309. The number of carbonyl (C=O) groups excluding carboxylic acids is 1. The van der Waals surface area contributed by atoms with Gasteiger partial charge < -0.3 is 9.64 Å². The van der Waals surface area contributed by atoms with Crippen molar-refractivity contribution < 1.29 is 18.1 Å². The van der Waals surface area contributed by atoms with Gasteiger partial charge in [0.15, 0.2) is 0 Å². The quantitative estimate of drug-likeness (QED) is 0.436. The van der Waals surface area contributed by atoms with Gasteiger partial charge in [0.25, 0.3) is 5.91 Å². The molecule has 1 aliphatic heterocycles. The molecule has 3 heterocycles.